The summed E-state index contributed by atoms with van der Waals surface area (Å²) in [6, 6.07) is -6.65. The Bertz CT molecular complexity index is 255. The van der Waals surface area contributed by atoms with Crippen LogP contribution in [0.3, 0.4) is 0 Å². The van der Waals surface area contributed by atoms with Gasteiger partial charge in [-0.1, -0.05) is 0 Å². The SMILES string of the molecule is FC(F)(F)C1NC(C(F)(F)F)C(C(F)(F)F)N1. The smallest absolute Gasteiger partial charge is 0.282 e. The van der Waals surface area contributed by atoms with Crippen molar-refractivity contribution in [2.45, 2.75) is 36.8 Å². The maximum atomic E-state index is 12.1. The molecule has 1 aliphatic heterocycles. The molecule has 1 saturated heterocycles. The van der Waals surface area contributed by atoms with E-state index in [1.165, 1.54) is 0 Å². The summed E-state index contributed by atoms with van der Waals surface area (Å²) < 4.78 is 109. The van der Waals surface area contributed by atoms with Gasteiger partial charge in [0.15, 0.2) is 6.17 Å². The second kappa shape index (κ2) is 3.90. The van der Waals surface area contributed by atoms with Crippen LogP contribution >= 0.6 is 0 Å². The molecule has 0 aromatic rings. The highest BCUT2D eigenvalue weighted by Crippen LogP contribution is 2.36. The molecule has 0 spiro atoms. The topological polar surface area (TPSA) is 24.1 Å². The van der Waals surface area contributed by atoms with E-state index in [-0.39, 0.29) is 0 Å². The molecule has 1 heterocycles. The van der Waals surface area contributed by atoms with Gasteiger partial charge in [-0.15, -0.1) is 0 Å². The average Bonchev–Trinajstić information content (AvgIpc) is 2.42. The van der Waals surface area contributed by atoms with E-state index >= 15 is 0 Å². The van der Waals surface area contributed by atoms with Gasteiger partial charge in [0.2, 0.25) is 0 Å². The van der Waals surface area contributed by atoms with Crippen molar-refractivity contribution in [1.29, 1.82) is 0 Å². The lowest BCUT2D eigenvalue weighted by molar-refractivity contribution is -0.207. The standard InChI is InChI=1S/C6H5F9N2/c7-4(8,9)1-2(5(10,11)12)17-3(16-1)6(13,14)15/h1-3,16-17H. The third-order valence-electron chi connectivity index (χ3n) is 2.06. The highest BCUT2D eigenvalue weighted by molar-refractivity contribution is 5.02. The van der Waals surface area contributed by atoms with Gasteiger partial charge in [-0.25, -0.2) is 0 Å². The fourth-order valence-electron chi connectivity index (χ4n) is 1.36. The van der Waals surface area contributed by atoms with Crippen molar-refractivity contribution in [3.05, 3.63) is 0 Å². The molecule has 0 radical (unpaired) electrons. The number of halogens is 9. The van der Waals surface area contributed by atoms with Crippen LogP contribution in [-0.4, -0.2) is 36.8 Å². The second-order valence-corrected chi connectivity index (χ2v) is 3.35. The summed E-state index contributed by atoms with van der Waals surface area (Å²) in [5, 5.41) is 1.69. The zero-order chi connectivity index (χ0) is 13.6. The van der Waals surface area contributed by atoms with Crippen LogP contribution in [-0.2, 0) is 0 Å². The minimum absolute atomic E-state index is 0.846. The molecule has 0 aromatic heterocycles. The third-order valence-corrected chi connectivity index (χ3v) is 2.06. The Labute approximate surface area is 88.1 Å². The molecule has 0 bridgehead atoms. The van der Waals surface area contributed by atoms with E-state index in [4.69, 9.17) is 0 Å². The quantitative estimate of drug-likeness (QED) is 0.661. The van der Waals surface area contributed by atoms with Crippen molar-refractivity contribution >= 4 is 0 Å². The Balaban J connectivity index is 2.96. The lowest BCUT2D eigenvalue weighted by Crippen LogP contribution is -2.52. The molecule has 0 amide bonds. The highest BCUT2D eigenvalue weighted by Gasteiger charge is 2.63. The molecule has 11 heteroatoms. The average molecular weight is 276 g/mol. The summed E-state index contributed by atoms with van der Waals surface area (Å²) in [7, 11) is 0. The molecule has 17 heavy (non-hydrogen) atoms. The first-order valence-corrected chi connectivity index (χ1v) is 4.05. The molecule has 0 aromatic carbocycles. The minimum Gasteiger partial charge on any atom is -0.282 e. The van der Waals surface area contributed by atoms with Crippen LogP contribution in [0, 0.1) is 0 Å². The lowest BCUT2D eigenvalue weighted by atomic mass is 10.1. The van der Waals surface area contributed by atoms with E-state index in [0.717, 1.165) is 10.6 Å². The van der Waals surface area contributed by atoms with Crippen molar-refractivity contribution in [2.24, 2.45) is 0 Å². The minimum atomic E-state index is -5.44. The number of hydrogen-bond acceptors (Lipinski definition) is 2. The van der Waals surface area contributed by atoms with E-state index in [0.29, 0.717) is 0 Å². The first kappa shape index (κ1) is 14.4. The van der Waals surface area contributed by atoms with E-state index < -0.39 is 36.8 Å². The van der Waals surface area contributed by atoms with Crippen molar-refractivity contribution in [1.82, 2.24) is 10.6 Å². The number of alkyl halides is 9. The third kappa shape index (κ3) is 3.15. The van der Waals surface area contributed by atoms with Crippen LogP contribution in [0.15, 0.2) is 0 Å². The largest absolute Gasteiger partial charge is 0.417 e. The van der Waals surface area contributed by atoms with Crippen molar-refractivity contribution in [3.8, 4) is 0 Å². The molecule has 1 rings (SSSR count). The van der Waals surface area contributed by atoms with E-state index in [9.17, 15) is 39.5 Å². The molecule has 2 nitrogen and oxygen atoms in total. The zero-order valence-corrected chi connectivity index (χ0v) is 7.63. The van der Waals surface area contributed by atoms with Gasteiger partial charge in [-0.05, 0) is 0 Å². The Morgan fingerprint density at radius 2 is 0.824 bits per heavy atom. The van der Waals surface area contributed by atoms with Crippen molar-refractivity contribution < 1.29 is 39.5 Å². The van der Waals surface area contributed by atoms with Crippen LogP contribution in [0.2, 0.25) is 0 Å². The van der Waals surface area contributed by atoms with Gasteiger partial charge >= 0.3 is 18.5 Å². The van der Waals surface area contributed by atoms with Crippen LogP contribution in [0.5, 0.6) is 0 Å². The Morgan fingerprint density at radius 3 is 1.00 bits per heavy atom. The fourth-order valence-corrected chi connectivity index (χ4v) is 1.36. The summed E-state index contributed by atoms with van der Waals surface area (Å²) in [5.41, 5.74) is 0. The predicted molar refractivity (Wildman–Crippen MR) is 35.8 cm³/mol. The van der Waals surface area contributed by atoms with E-state index in [1.807, 2.05) is 0 Å². The Morgan fingerprint density at radius 1 is 0.529 bits per heavy atom. The normalized spacial score (nSPS) is 31.9. The molecular weight excluding hydrogens is 271 g/mol. The van der Waals surface area contributed by atoms with Crippen LogP contribution in [0.25, 0.3) is 0 Å². The van der Waals surface area contributed by atoms with Gasteiger partial charge in [-0.3, -0.25) is 10.6 Å². The summed E-state index contributed by atoms with van der Waals surface area (Å²) in [4.78, 5) is 0. The molecular formula is C6H5F9N2. The lowest BCUT2D eigenvalue weighted by Gasteiger charge is -2.23. The van der Waals surface area contributed by atoms with Gasteiger partial charge in [0.25, 0.3) is 0 Å². The highest BCUT2D eigenvalue weighted by atomic mass is 19.4. The molecule has 102 valence electrons. The van der Waals surface area contributed by atoms with Gasteiger partial charge < -0.3 is 0 Å². The molecule has 0 aliphatic carbocycles. The van der Waals surface area contributed by atoms with E-state index in [1.54, 1.807) is 0 Å². The maximum absolute atomic E-state index is 12.1. The predicted octanol–water partition coefficient (Wildman–Crippen LogP) is 1.93. The fraction of sp³-hybridized carbons (Fsp3) is 1.00. The number of rotatable bonds is 0. The molecule has 2 N–H and O–H groups in total. The Hall–Kier alpha value is -0.710. The van der Waals surface area contributed by atoms with Crippen LogP contribution in [0.4, 0.5) is 39.5 Å². The first-order chi connectivity index (χ1) is 7.33. The summed E-state index contributed by atoms with van der Waals surface area (Å²) in [5.74, 6) is 0. The molecule has 1 fully saturated rings. The summed E-state index contributed by atoms with van der Waals surface area (Å²) in [6.45, 7) is 0. The van der Waals surface area contributed by atoms with Crippen LogP contribution < -0.4 is 10.6 Å². The van der Waals surface area contributed by atoms with Crippen LogP contribution in [0.1, 0.15) is 0 Å². The van der Waals surface area contributed by atoms with Gasteiger partial charge in [-0.2, -0.15) is 39.5 Å². The summed E-state index contributed by atoms with van der Waals surface area (Å²) in [6.07, 6.45) is -19.2. The first-order valence-electron chi connectivity index (χ1n) is 4.05. The molecule has 0 saturated carbocycles. The van der Waals surface area contributed by atoms with Crippen molar-refractivity contribution in [2.75, 3.05) is 0 Å². The van der Waals surface area contributed by atoms with Gasteiger partial charge in [0.1, 0.15) is 12.1 Å². The molecule has 1 aliphatic rings. The Kier molecular flexibility index (Phi) is 3.29. The van der Waals surface area contributed by atoms with Gasteiger partial charge in [0, 0.05) is 0 Å². The molecule has 2 unspecified atom stereocenters. The maximum Gasteiger partial charge on any atom is 0.417 e. The molecule has 2 atom stereocenters. The van der Waals surface area contributed by atoms with Crippen molar-refractivity contribution in [3.63, 3.8) is 0 Å². The summed E-state index contributed by atoms with van der Waals surface area (Å²) >= 11 is 0. The number of hydrogen-bond donors (Lipinski definition) is 2. The second-order valence-electron chi connectivity index (χ2n) is 3.35. The van der Waals surface area contributed by atoms with Gasteiger partial charge in [0.05, 0.1) is 0 Å². The monoisotopic (exact) mass is 276 g/mol. The number of nitrogens with one attached hydrogen (secondary N) is 2. The van der Waals surface area contributed by atoms with E-state index in [2.05, 4.69) is 0 Å². The zero-order valence-electron chi connectivity index (χ0n) is 7.63.